The maximum Gasteiger partial charge on any atom is 0.0894 e. The molecule has 788 valence electrons. The van der Waals surface area contributed by atoms with Crippen molar-refractivity contribution < 1.29 is 56.2 Å². The van der Waals surface area contributed by atoms with E-state index in [1.165, 1.54) is 0 Å². The quantitative estimate of drug-likeness (QED) is 0.0258. The van der Waals surface area contributed by atoms with Gasteiger partial charge in [0.05, 0.1) is 67.6 Å². The maximum atomic E-state index is 11.1. The standard InChI is InChI=1S/C95H217N25O11/c1-10-87(123)25-19-23-50-111(60-45-108-79-90(126)13-4)53-38-100-31-32-101-40-55-114(67-66-113(49-22-18-21-29-98-33-35-106-82-95(131)85-121)75-76-120(84-94(130)17-8)64-48-107-77-86(9)122)56-41-103-42-58-118(73-71-116(57-37-99-30-27-96)69-65-112(51-24-20-26-88(124)11-2)54-39-102-34-36-105-78-89(125)12-3)74-72-117(59-43-104-44-63-119(52-28-97)83-93(129)16-7)70-68-115(61-46-109-80-91(127)14-5)62-47-110-81-92(128)15-6/h86-95,98-110,121-131H,10-85,96-97H2,1-9H3. The van der Waals surface area contributed by atoms with Crippen molar-refractivity contribution in [3.8, 4) is 0 Å². The molecule has 0 aliphatic carbocycles. The summed E-state index contributed by atoms with van der Waals surface area (Å²) in [6.07, 6.45) is 10.7. The van der Waals surface area contributed by atoms with Gasteiger partial charge in [-0.1, -0.05) is 61.8 Å². The lowest BCUT2D eigenvalue weighted by Gasteiger charge is -2.33. The summed E-state index contributed by atoms with van der Waals surface area (Å²) in [4.78, 5) is 25.5. The van der Waals surface area contributed by atoms with Gasteiger partial charge in [-0.2, -0.15) is 0 Å². The fourth-order valence-corrected chi connectivity index (χ4v) is 15.3. The van der Waals surface area contributed by atoms with Gasteiger partial charge in [-0.25, -0.2) is 0 Å². The Morgan fingerprint density at radius 1 is 0.191 bits per heavy atom. The summed E-state index contributed by atoms with van der Waals surface area (Å²) in [5, 5.41) is 160. The highest BCUT2D eigenvalue weighted by Crippen LogP contribution is 2.10. The van der Waals surface area contributed by atoms with Crippen LogP contribution in [0.4, 0.5) is 0 Å². The predicted molar refractivity (Wildman–Crippen MR) is 547 cm³/mol. The molecular weight excluding hydrogens is 1670 g/mol. The first-order valence-electron chi connectivity index (χ1n) is 52.9. The Labute approximate surface area is 800 Å². The van der Waals surface area contributed by atoms with E-state index in [4.69, 9.17) is 11.5 Å². The van der Waals surface area contributed by atoms with Crippen LogP contribution in [0.1, 0.15) is 171 Å². The monoisotopic (exact) mass is 1880 g/mol. The van der Waals surface area contributed by atoms with E-state index >= 15 is 0 Å². The number of unbranched alkanes of at least 4 members (excludes halogenated alkanes) is 4. The number of hydrogen-bond donors (Lipinski definition) is 26. The first kappa shape index (κ1) is 130. The third-order valence-corrected chi connectivity index (χ3v) is 25.0. The molecule has 36 nitrogen and oxygen atoms in total. The Balaban J connectivity index is 7.71. The Hall–Kier alpha value is -1.44. The van der Waals surface area contributed by atoms with E-state index in [-0.39, 0.29) is 43.2 Å². The zero-order valence-electron chi connectivity index (χ0n) is 85.6. The fourth-order valence-electron chi connectivity index (χ4n) is 15.3. The second-order valence-corrected chi connectivity index (χ2v) is 36.6. The number of nitrogens with one attached hydrogen (secondary N) is 13. The predicted octanol–water partition coefficient (Wildman–Crippen LogP) is -4.00. The summed E-state index contributed by atoms with van der Waals surface area (Å²) < 4.78 is 0. The molecule has 10 unspecified atom stereocenters. The lowest BCUT2D eigenvalue weighted by molar-refractivity contribution is 0.0947. The second kappa shape index (κ2) is 96.1. The minimum Gasteiger partial charge on any atom is -0.394 e. The lowest BCUT2D eigenvalue weighted by atomic mass is 10.1. The summed E-state index contributed by atoms with van der Waals surface area (Å²) in [5.41, 5.74) is 12.2. The SMILES string of the molecule is CCC(O)CCCCN(CCNCCNCCN(CCNCCN(CCN(CCNCCN)CCN(CCCCC(O)CC)CCNCCNCC(O)CC)CCN(CCNCCN(CCN)CC(O)CC)CCN(CCNCC(O)CC)CCNCC(O)CC)CCN(CCCCCNCCNCC(O)CO)CCN(CCNCC(C)O)CC(O)CC)CCNCC(O)CC. The minimum atomic E-state index is -0.758. The average Bonchev–Trinajstić information content (AvgIpc) is 0.925. The normalized spacial score (nSPS) is 14.8. The number of nitrogens with zero attached hydrogens (tertiary/aromatic N) is 10. The summed E-state index contributed by atoms with van der Waals surface area (Å²) >= 11 is 0. The molecule has 0 aliphatic heterocycles. The summed E-state index contributed by atoms with van der Waals surface area (Å²) in [7, 11) is 0. The van der Waals surface area contributed by atoms with Crippen LogP contribution in [-0.2, 0) is 0 Å². The van der Waals surface area contributed by atoms with Crippen LogP contribution < -0.4 is 80.6 Å². The van der Waals surface area contributed by atoms with Gasteiger partial charge in [0.1, 0.15) is 0 Å². The summed E-state index contributed by atoms with van der Waals surface area (Å²) in [6.45, 7) is 63.8. The van der Waals surface area contributed by atoms with Crippen LogP contribution in [0.25, 0.3) is 0 Å². The molecule has 0 amide bonds. The number of aliphatic hydroxyl groups is 11. The molecular formula is C95H217N25O11. The molecule has 0 rings (SSSR count). The molecule has 0 fully saturated rings. The molecule has 10 atom stereocenters. The second-order valence-electron chi connectivity index (χ2n) is 36.6. The Morgan fingerprint density at radius 2 is 0.412 bits per heavy atom. The Bertz CT molecular complexity index is 2260. The smallest absolute Gasteiger partial charge is 0.0894 e. The summed E-state index contributed by atoms with van der Waals surface area (Å²) in [6, 6.07) is 0. The van der Waals surface area contributed by atoms with Gasteiger partial charge in [0.15, 0.2) is 0 Å². The van der Waals surface area contributed by atoms with Gasteiger partial charge in [0.25, 0.3) is 0 Å². The molecule has 131 heavy (non-hydrogen) atoms. The van der Waals surface area contributed by atoms with Crippen molar-refractivity contribution in [2.24, 2.45) is 11.5 Å². The van der Waals surface area contributed by atoms with Crippen LogP contribution in [0.3, 0.4) is 0 Å². The van der Waals surface area contributed by atoms with Crippen molar-refractivity contribution >= 4 is 0 Å². The van der Waals surface area contributed by atoms with Crippen molar-refractivity contribution in [2.45, 2.75) is 233 Å². The highest BCUT2D eigenvalue weighted by molar-refractivity contribution is 4.79. The topological polar surface area (TPSA) is 463 Å². The minimum absolute atomic E-state index is 0.241. The van der Waals surface area contributed by atoms with Crippen LogP contribution in [0.5, 0.6) is 0 Å². The number of hydrogen-bond acceptors (Lipinski definition) is 36. The fraction of sp³-hybridized carbons (Fsp3) is 1.00. The van der Waals surface area contributed by atoms with Crippen molar-refractivity contribution in [1.82, 2.24) is 118 Å². The van der Waals surface area contributed by atoms with Crippen molar-refractivity contribution in [1.29, 1.82) is 0 Å². The van der Waals surface area contributed by atoms with Gasteiger partial charge in [0, 0.05) is 353 Å². The van der Waals surface area contributed by atoms with Crippen LogP contribution in [-0.4, -0.2) is 552 Å². The van der Waals surface area contributed by atoms with Gasteiger partial charge >= 0.3 is 0 Å². The van der Waals surface area contributed by atoms with Crippen LogP contribution >= 0.6 is 0 Å². The molecule has 0 saturated carbocycles. The van der Waals surface area contributed by atoms with Crippen molar-refractivity contribution in [2.75, 3.05) is 386 Å². The molecule has 0 aromatic heterocycles. The van der Waals surface area contributed by atoms with Gasteiger partial charge in [-0.3, -0.25) is 34.3 Å². The third kappa shape index (κ3) is 85.1. The van der Waals surface area contributed by atoms with Crippen LogP contribution in [0.2, 0.25) is 0 Å². The molecule has 36 heteroatoms. The van der Waals surface area contributed by atoms with Crippen molar-refractivity contribution in [3.63, 3.8) is 0 Å². The van der Waals surface area contributed by atoms with Gasteiger partial charge in [0.2, 0.25) is 0 Å². The highest BCUT2D eigenvalue weighted by Gasteiger charge is 2.21. The number of rotatable bonds is 108. The third-order valence-electron chi connectivity index (χ3n) is 25.0. The Morgan fingerprint density at radius 3 is 0.718 bits per heavy atom. The average molecular weight is 1890 g/mol. The van der Waals surface area contributed by atoms with Crippen LogP contribution in [0, 0.1) is 0 Å². The van der Waals surface area contributed by atoms with E-state index in [0.717, 1.165) is 391 Å². The molecule has 28 N–H and O–H groups in total. The van der Waals surface area contributed by atoms with E-state index in [2.05, 4.69) is 125 Å². The lowest BCUT2D eigenvalue weighted by Crippen LogP contribution is -2.48. The zero-order valence-corrected chi connectivity index (χ0v) is 85.6. The van der Waals surface area contributed by atoms with Crippen molar-refractivity contribution in [3.05, 3.63) is 0 Å². The molecule has 0 aromatic carbocycles. The molecule has 0 heterocycles. The van der Waals surface area contributed by atoms with E-state index in [9.17, 15) is 56.2 Å². The van der Waals surface area contributed by atoms with Gasteiger partial charge in [-0.15, -0.1) is 0 Å². The molecule has 0 spiro atoms. The number of aliphatic hydroxyl groups excluding tert-OH is 11. The molecule has 0 saturated heterocycles. The molecule has 0 aromatic rings. The highest BCUT2D eigenvalue weighted by atomic mass is 16.3. The van der Waals surface area contributed by atoms with E-state index in [1.54, 1.807) is 6.92 Å². The van der Waals surface area contributed by atoms with Gasteiger partial charge in [-0.05, 0) is 136 Å². The van der Waals surface area contributed by atoms with E-state index < -0.39 is 24.4 Å². The zero-order chi connectivity index (χ0) is 96.5. The molecule has 0 radical (unpaired) electrons. The first-order chi connectivity index (χ1) is 63.6. The first-order valence-corrected chi connectivity index (χ1v) is 52.9. The van der Waals surface area contributed by atoms with E-state index in [0.29, 0.717) is 97.7 Å². The number of nitrogens with two attached hydrogens (primary N) is 2. The van der Waals surface area contributed by atoms with Gasteiger partial charge < -0.3 is 151 Å². The molecule has 0 aliphatic rings. The largest absolute Gasteiger partial charge is 0.394 e. The Kier molecular flexibility index (Phi) is 95.0. The van der Waals surface area contributed by atoms with E-state index in [1.807, 2.05) is 48.5 Å². The molecule has 0 bridgehead atoms. The summed E-state index contributed by atoms with van der Waals surface area (Å²) in [5.74, 6) is 0. The maximum absolute atomic E-state index is 11.1. The van der Waals surface area contributed by atoms with Crippen LogP contribution in [0.15, 0.2) is 0 Å².